The van der Waals surface area contributed by atoms with Gasteiger partial charge in [-0.3, -0.25) is 4.99 Å². The van der Waals surface area contributed by atoms with Gasteiger partial charge in [-0.25, -0.2) is 0 Å². The number of hydrogen-bond donors (Lipinski definition) is 2. The van der Waals surface area contributed by atoms with Crippen molar-refractivity contribution in [3.05, 3.63) is 42.0 Å². The maximum Gasteiger partial charge on any atom is 0.246 e. The molecule has 0 atom stereocenters. The van der Waals surface area contributed by atoms with Gasteiger partial charge in [0.1, 0.15) is 12.4 Å². The van der Waals surface area contributed by atoms with Crippen LogP contribution in [0.25, 0.3) is 0 Å². The number of benzene rings is 1. The largest absolute Gasteiger partial charge is 0.492 e. The van der Waals surface area contributed by atoms with Crippen molar-refractivity contribution in [2.45, 2.75) is 13.5 Å². The van der Waals surface area contributed by atoms with Crippen molar-refractivity contribution in [2.24, 2.45) is 4.99 Å². The highest BCUT2D eigenvalue weighted by molar-refractivity contribution is 14.0. The minimum atomic E-state index is 0. The minimum Gasteiger partial charge on any atom is -0.492 e. The maximum absolute atomic E-state index is 5.58. The van der Waals surface area contributed by atoms with Crippen LogP contribution in [0, 0.1) is 6.92 Å². The van der Waals surface area contributed by atoms with E-state index in [4.69, 9.17) is 9.26 Å². The smallest absolute Gasteiger partial charge is 0.246 e. The number of ether oxygens (including phenoxy) is 1. The van der Waals surface area contributed by atoms with Crippen molar-refractivity contribution >= 4 is 29.9 Å². The molecule has 2 rings (SSSR count). The van der Waals surface area contributed by atoms with Gasteiger partial charge in [0.05, 0.1) is 13.1 Å². The van der Waals surface area contributed by atoms with E-state index in [1.807, 2.05) is 30.3 Å². The lowest BCUT2D eigenvalue weighted by Crippen LogP contribution is -2.38. The molecule has 0 fully saturated rings. The number of rotatable bonds is 6. The second-order valence-electron chi connectivity index (χ2n) is 4.25. The Kier molecular flexibility index (Phi) is 8.26. The van der Waals surface area contributed by atoms with Gasteiger partial charge in [0.25, 0.3) is 0 Å². The Morgan fingerprint density at radius 3 is 2.68 bits per heavy atom. The lowest BCUT2D eigenvalue weighted by atomic mass is 10.3. The summed E-state index contributed by atoms with van der Waals surface area (Å²) in [5.41, 5.74) is 0. The molecular weight excluding hydrogens is 397 g/mol. The Hall–Kier alpha value is -1.84. The van der Waals surface area contributed by atoms with E-state index < -0.39 is 0 Å². The molecule has 0 aliphatic carbocycles. The number of aliphatic imine (C=N–C) groups is 1. The number of hydrogen-bond acceptors (Lipinski definition) is 5. The summed E-state index contributed by atoms with van der Waals surface area (Å²) >= 11 is 0. The predicted molar refractivity (Wildman–Crippen MR) is 94.6 cm³/mol. The van der Waals surface area contributed by atoms with Crippen molar-refractivity contribution in [3.63, 3.8) is 0 Å². The van der Waals surface area contributed by atoms with Crippen LogP contribution in [-0.4, -0.2) is 36.3 Å². The van der Waals surface area contributed by atoms with E-state index in [1.165, 1.54) is 0 Å². The summed E-state index contributed by atoms with van der Waals surface area (Å²) in [4.78, 5) is 8.21. The topological polar surface area (TPSA) is 84.6 Å². The SMILES string of the molecule is CN=C(NCCOc1ccccc1)NCc1nc(C)no1.I. The van der Waals surface area contributed by atoms with Crippen LogP contribution in [0.4, 0.5) is 0 Å². The number of guanidine groups is 1. The Morgan fingerprint density at radius 2 is 2.05 bits per heavy atom. The number of nitrogens with zero attached hydrogens (tertiary/aromatic N) is 3. The molecule has 7 nitrogen and oxygen atoms in total. The fourth-order valence-electron chi connectivity index (χ4n) is 1.65. The van der Waals surface area contributed by atoms with Crippen molar-refractivity contribution in [2.75, 3.05) is 20.2 Å². The summed E-state index contributed by atoms with van der Waals surface area (Å²) in [5.74, 6) is 2.65. The molecule has 120 valence electrons. The minimum absolute atomic E-state index is 0. The van der Waals surface area contributed by atoms with Crippen molar-refractivity contribution < 1.29 is 9.26 Å². The number of para-hydroxylation sites is 1. The fraction of sp³-hybridized carbons (Fsp3) is 0.357. The molecule has 8 heteroatoms. The first-order chi connectivity index (χ1) is 10.3. The van der Waals surface area contributed by atoms with E-state index in [0.29, 0.717) is 37.4 Å². The zero-order valence-electron chi connectivity index (χ0n) is 12.6. The predicted octanol–water partition coefficient (Wildman–Crippen LogP) is 1.74. The Morgan fingerprint density at radius 1 is 1.27 bits per heavy atom. The summed E-state index contributed by atoms with van der Waals surface area (Å²) in [6.07, 6.45) is 0. The van der Waals surface area contributed by atoms with Gasteiger partial charge in [-0.2, -0.15) is 4.98 Å². The molecule has 1 aromatic heterocycles. The molecule has 1 heterocycles. The normalized spacial score (nSPS) is 10.7. The summed E-state index contributed by atoms with van der Waals surface area (Å²) in [7, 11) is 1.70. The van der Waals surface area contributed by atoms with Gasteiger partial charge in [0, 0.05) is 7.05 Å². The second kappa shape index (κ2) is 9.98. The highest BCUT2D eigenvalue weighted by atomic mass is 127. The van der Waals surface area contributed by atoms with Gasteiger partial charge in [0.2, 0.25) is 5.89 Å². The van der Waals surface area contributed by atoms with Gasteiger partial charge in [-0.05, 0) is 19.1 Å². The summed E-state index contributed by atoms with van der Waals surface area (Å²) < 4.78 is 10.6. The van der Waals surface area contributed by atoms with E-state index in [0.717, 1.165) is 5.75 Å². The molecule has 2 N–H and O–H groups in total. The third kappa shape index (κ3) is 6.29. The van der Waals surface area contributed by atoms with E-state index in [2.05, 4.69) is 25.8 Å². The molecular formula is C14H20IN5O2. The summed E-state index contributed by atoms with van der Waals surface area (Å²) in [5, 5.41) is 9.95. The number of aryl methyl sites for hydroxylation is 1. The molecule has 0 radical (unpaired) electrons. The van der Waals surface area contributed by atoms with Crippen molar-refractivity contribution in [3.8, 4) is 5.75 Å². The molecule has 0 aliphatic heterocycles. The van der Waals surface area contributed by atoms with Gasteiger partial charge in [-0.1, -0.05) is 23.4 Å². The number of aromatic nitrogens is 2. The Bertz CT molecular complexity index is 574. The third-order valence-corrected chi connectivity index (χ3v) is 2.61. The average Bonchev–Trinajstić information content (AvgIpc) is 2.93. The van der Waals surface area contributed by atoms with Crippen molar-refractivity contribution in [1.29, 1.82) is 0 Å². The maximum atomic E-state index is 5.58. The molecule has 0 saturated carbocycles. The first-order valence-corrected chi connectivity index (χ1v) is 6.69. The number of halogens is 1. The summed E-state index contributed by atoms with van der Waals surface area (Å²) in [6, 6.07) is 9.68. The first kappa shape index (κ1) is 18.2. The summed E-state index contributed by atoms with van der Waals surface area (Å²) in [6.45, 7) is 3.39. The van der Waals surface area contributed by atoms with Gasteiger partial charge >= 0.3 is 0 Å². The van der Waals surface area contributed by atoms with Crippen LogP contribution in [0.5, 0.6) is 5.75 Å². The lowest BCUT2D eigenvalue weighted by molar-refractivity contribution is 0.321. The van der Waals surface area contributed by atoms with Crippen LogP contribution in [-0.2, 0) is 6.54 Å². The molecule has 0 saturated heterocycles. The molecule has 0 bridgehead atoms. The van der Waals surface area contributed by atoms with E-state index >= 15 is 0 Å². The molecule has 2 aromatic rings. The van der Waals surface area contributed by atoms with Gasteiger partial charge in [-0.15, -0.1) is 24.0 Å². The molecule has 0 amide bonds. The Labute approximate surface area is 146 Å². The lowest BCUT2D eigenvalue weighted by Gasteiger charge is -2.11. The standard InChI is InChI=1S/C14H19N5O2.HI/c1-11-18-13(21-19-11)10-17-14(15-2)16-8-9-20-12-6-4-3-5-7-12;/h3-7H,8-10H2,1-2H3,(H2,15,16,17);1H. The highest BCUT2D eigenvalue weighted by Gasteiger charge is 2.03. The highest BCUT2D eigenvalue weighted by Crippen LogP contribution is 2.07. The van der Waals surface area contributed by atoms with E-state index in [9.17, 15) is 0 Å². The van der Waals surface area contributed by atoms with E-state index in [1.54, 1.807) is 14.0 Å². The van der Waals surface area contributed by atoms with E-state index in [-0.39, 0.29) is 24.0 Å². The van der Waals surface area contributed by atoms with Crippen LogP contribution in [0.2, 0.25) is 0 Å². The quantitative estimate of drug-likeness (QED) is 0.323. The second-order valence-corrected chi connectivity index (χ2v) is 4.25. The van der Waals surface area contributed by atoms with Crippen LogP contribution in [0.3, 0.4) is 0 Å². The number of nitrogens with one attached hydrogen (secondary N) is 2. The Balaban J connectivity index is 0.00000242. The average molecular weight is 417 g/mol. The zero-order valence-corrected chi connectivity index (χ0v) is 14.9. The van der Waals surface area contributed by atoms with Crippen molar-refractivity contribution in [1.82, 2.24) is 20.8 Å². The van der Waals surface area contributed by atoms with Crippen LogP contribution in [0.1, 0.15) is 11.7 Å². The third-order valence-electron chi connectivity index (χ3n) is 2.61. The van der Waals surface area contributed by atoms with Gasteiger partial charge in [0.15, 0.2) is 11.8 Å². The molecule has 0 spiro atoms. The monoisotopic (exact) mass is 417 g/mol. The zero-order chi connectivity index (χ0) is 14.9. The molecule has 22 heavy (non-hydrogen) atoms. The first-order valence-electron chi connectivity index (χ1n) is 6.69. The van der Waals surface area contributed by atoms with Crippen LogP contribution < -0.4 is 15.4 Å². The van der Waals surface area contributed by atoms with Crippen LogP contribution in [0.15, 0.2) is 39.8 Å². The molecule has 0 aliphatic rings. The molecule has 0 unspecified atom stereocenters. The fourth-order valence-corrected chi connectivity index (χ4v) is 1.65. The van der Waals surface area contributed by atoms with Crippen LogP contribution >= 0.6 is 24.0 Å². The van der Waals surface area contributed by atoms with Gasteiger partial charge < -0.3 is 19.9 Å². The molecule has 1 aromatic carbocycles.